The Morgan fingerprint density at radius 2 is 2.20 bits per heavy atom. The van der Waals surface area contributed by atoms with Crippen LogP contribution in [0.2, 0.25) is 0 Å². The van der Waals surface area contributed by atoms with Gasteiger partial charge in [-0.05, 0) is 5.92 Å². The van der Waals surface area contributed by atoms with Crippen LogP contribution in [0.4, 0.5) is 5.69 Å². The van der Waals surface area contributed by atoms with Gasteiger partial charge in [0.25, 0.3) is 5.91 Å². The van der Waals surface area contributed by atoms with Crippen LogP contribution in [0.1, 0.15) is 23.5 Å². The van der Waals surface area contributed by atoms with E-state index in [0.29, 0.717) is 46.6 Å². The number of nitrogens with zero attached hydrogens (tertiary/aromatic N) is 2. The highest BCUT2D eigenvalue weighted by atomic mass is 32.1. The molecule has 0 saturated heterocycles. The highest BCUT2D eigenvalue weighted by Gasteiger charge is 2.17. The largest absolute Gasteiger partial charge is 0.396 e. The molecule has 7 heteroatoms. The van der Waals surface area contributed by atoms with Crippen LogP contribution >= 0.6 is 11.3 Å². The van der Waals surface area contributed by atoms with Crippen molar-refractivity contribution in [3.63, 3.8) is 0 Å². The Morgan fingerprint density at radius 1 is 1.45 bits per heavy atom. The van der Waals surface area contributed by atoms with Crippen molar-refractivity contribution in [1.29, 1.82) is 0 Å². The molecule has 2 aromatic rings. The number of thiophene rings is 1. The number of nitrogens with one attached hydrogen (secondary N) is 1. The Morgan fingerprint density at radius 3 is 2.90 bits per heavy atom. The minimum Gasteiger partial charge on any atom is -0.396 e. The summed E-state index contributed by atoms with van der Waals surface area (Å²) < 4.78 is 5.40. The molecule has 108 valence electrons. The molecule has 0 aliphatic rings. The van der Waals surface area contributed by atoms with Gasteiger partial charge in [0.1, 0.15) is 15.2 Å². The van der Waals surface area contributed by atoms with Crippen LogP contribution in [0.3, 0.4) is 0 Å². The van der Waals surface area contributed by atoms with Gasteiger partial charge >= 0.3 is 0 Å². The van der Waals surface area contributed by atoms with Gasteiger partial charge in [0, 0.05) is 25.5 Å². The maximum atomic E-state index is 12.0. The second-order valence-electron chi connectivity index (χ2n) is 4.78. The number of nitrogen functional groups attached to an aromatic ring is 1. The van der Waals surface area contributed by atoms with Crippen LogP contribution in [0.5, 0.6) is 0 Å². The molecule has 1 amide bonds. The Balaban J connectivity index is 1.93. The number of fused-ring (bicyclic) bond motifs is 1. The van der Waals surface area contributed by atoms with Gasteiger partial charge in [0.05, 0.1) is 12.3 Å². The van der Waals surface area contributed by atoms with E-state index in [1.165, 1.54) is 11.3 Å². The Labute approximate surface area is 121 Å². The van der Waals surface area contributed by atoms with Gasteiger partial charge in [-0.15, -0.1) is 11.3 Å². The summed E-state index contributed by atoms with van der Waals surface area (Å²) in [6.45, 7) is 5.80. The molecule has 0 aromatic carbocycles. The first-order valence-corrected chi connectivity index (χ1v) is 7.26. The summed E-state index contributed by atoms with van der Waals surface area (Å²) in [7, 11) is 0. The van der Waals surface area contributed by atoms with Gasteiger partial charge in [-0.2, -0.15) is 0 Å². The molecule has 2 heterocycles. The van der Waals surface area contributed by atoms with Gasteiger partial charge in [0.15, 0.2) is 0 Å². The Hall–Kier alpha value is -1.73. The Kier molecular flexibility index (Phi) is 4.86. The van der Waals surface area contributed by atoms with Crippen LogP contribution in [0.25, 0.3) is 10.3 Å². The first-order valence-electron chi connectivity index (χ1n) is 6.44. The number of amides is 1. The van der Waals surface area contributed by atoms with Gasteiger partial charge < -0.3 is 15.8 Å². The fraction of sp³-hybridized carbons (Fsp3) is 0.462. The number of hydrogen-bond donors (Lipinski definition) is 2. The van der Waals surface area contributed by atoms with Crippen molar-refractivity contribution >= 4 is 33.3 Å². The molecule has 6 nitrogen and oxygen atoms in total. The van der Waals surface area contributed by atoms with E-state index in [-0.39, 0.29) is 5.91 Å². The predicted octanol–water partition coefficient (Wildman–Crippen LogP) is 1.68. The third-order valence-electron chi connectivity index (χ3n) is 2.55. The smallest absolute Gasteiger partial charge is 0.263 e. The first kappa shape index (κ1) is 14.7. The van der Waals surface area contributed by atoms with Crippen molar-refractivity contribution in [3.05, 3.63) is 17.3 Å². The van der Waals surface area contributed by atoms with E-state index in [2.05, 4.69) is 29.1 Å². The van der Waals surface area contributed by atoms with E-state index < -0.39 is 0 Å². The number of rotatable bonds is 6. The topological polar surface area (TPSA) is 90.1 Å². The third-order valence-corrected chi connectivity index (χ3v) is 3.65. The molecular formula is C13H18N4O2S. The van der Waals surface area contributed by atoms with Gasteiger partial charge in [-0.1, -0.05) is 13.8 Å². The lowest BCUT2D eigenvalue weighted by Gasteiger charge is -2.07. The Bertz CT molecular complexity index is 597. The SMILES string of the molecule is CC(C)COCCNC(=O)c1sc2nccnc2c1N. The summed E-state index contributed by atoms with van der Waals surface area (Å²) in [4.78, 5) is 21.4. The lowest BCUT2D eigenvalue weighted by Crippen LogP contribution is -2.27. The lowest BCUT2D eigenvalue weighted by atomic mass is 10.2. The zero-order valence-electron chi connectivity index (χ0n) is 11.5. The zero-order valence-corrected chi connectivity index (χ0v) is 12.4. The van der Waals surface area contributed by atoms with Crippen LogP contribution in [0, 0.1) is 5.92 Å². The second kappa shape index (κ2) is 6.62. The van der Waals surface area contributed by atoms with E-state index >= 15 is 0 Å². The average Bonchev–Trinajstić information content (AvgIpc) is 2.76. The zero-order chi connectivity index (χ0) is 14.5. The maximum Gasteiger partial charge on any atom is 0.263 e. The molecule has 3 N–H and O–H groups in total. The number of anilines is 1. The normalized spacial score (nSPS) is 11.2. The molecule has 0 atom stereocenters. The van der Waals surface area contributed by atoms with E-state index in [1.807, 2.05) is 0 Å². The fourth-order valence-electron chi connectivity index (χ4n) is 1.65. The molecule has 0 aliphatic heterocycles. The summed E-state index contributed by atoms with van der Waals surface area (Å²) >= 11 is 1.25. The maximum absolute atomic E-state index is 12.0. The van der Waals surface area contributed by atoms with Gasteiger partial charge in [-0.3, -0.25) is 4.79 Å². The summed E-state index contributed by atoms with van der Waals surface area (Å²) in [5, 5.41) is 2.79. The van der Waals surface area contributed by atoms with Crippen molar-refractivity contribution < 1.29 is 9.53 Å². The van der Waals surface area contributed by atoms with Crippen molar-refractivity contribution in [2.24, 2.45) is 5.92 Å². The van der Waals surface area contributed by atoms with Gasteiger partial charge in [-0.25, -0.2) is 9.97 Å². The van der Waals surface area contributed by atoms with E-state index in [9.17, 15) is 4.79 Å². The van der Waals surface area contributed by atoms with Crippen molar-refractivity contribution in [2.75, 3.05) is 25.5 Å². The van der Waals surface area contributed by atoms with Crippen molar-refractivity contribution in [1.82, 2.24) is 15.3 Å². The van der Waals surface area contributed by atoms with Crippen molar-refractivity contribution in [2.45, 2.75) is 13.8 Å². The monoisotopic (exact) mass is 294 g/mol. The number of nitrogens with two attached hydrogens (primary N) is 1. The molecule has 2 rings (SSSR count). The molecule has 0 saturated carbocycles. The lowest BCUT2D eigenvalue weighted by molar-refractivity contribution is 0.0890. The van der Waals surface area contributed by atoms with E-state index in [1.54, 1.807) is 12.4 Å². The molecule has 0 aliphatic carbocycles. The third kappa shape index (κ3) is 3.43. The highest BCUT2D eigenvalue weighted by Crippen LogP contribution is 2.30. The molecular weight excluding hydrogens is 276 g/mol. The predicted molar refractivity (Wildman–Crippen MR) is 79.8 cm³/mol. The number of aromatic nitrogens is 2. The molecule has 0 unspecified atom stereocenters. The second-order valence-corrected chi connectivity index (χ2v) is 5.78. The molecule has 20 heavy (non-hydrogen) atoms. The standard InChI is InChI=1S/C13H18N4O2S/c1-8(2)7-19-6-5-16-12(18)11-9(14)10-13(20-11)17-4-3-15-10/h3-4,8H,5-7,14H2,1-2H3,(H,16,18). The first-order chi connectivity index (χ1) is 9.59. The fourth-order valence-corrected chi connectivity index (χ4v) is 2.59. The van der Waals surface area contributed by atoms with Gasteiger partial charge in [0.2, 0.25) is 0 Å². The summed E-state index contributed by atoms with van der Waals surface area (Å²) in [6.07, 6.45) is 3.15. The van der Waals surface area contributed by atoms with Crippen molar-refractivity contribution in [3.8, 4) is 0 Å². The van der Waals surface area contributed by atoms with Crippen LogP contribution in [-0.2, 0) is 4.74 Å². The van der Waals surface area contributed by atoms with E-state index in [0.717, 1.165) is 0 Å². The molecule has 0 bridgehead atoms. The quantitative estimate of drug-likeness (QED) is 0.791. The van der Waals surface area contributed by atoms with E-state index in [4.69, 9.17) is 10.5 Å². The van der Waals surface area contributed by atoms with Crippen LogP contribution in [0.15, 0.2) is 12.4 Å². The summed E-state index contributed by atoms with van der Waals surface area (Å²) in [6, 6.07) is 0. The van der Waals surface area contributed by atoms with Crippen LogP contribution < -0.4 is 11.1 Å². The molecule has 2 aromatic heterocycles. The number of carbonyl (C=O) groups excluding carboxylic acids is 1. The van der Waals surface area contributed by atoms with Crippen LogP contribution in [-0.4, -0.2) is 35.6 Å². The minimum atomic E-state index is -0.208. The summed E-state index contributed by atoms with van der Waals surface area (Å²) in [5.41, 5.74) is 6.90. The minimum absolute atomic E-state index is 0.208. The molecule has 0 radical (unpaired) electrons. The number of hydrogen-bond acceptors (Lipinski definition) is 6. The number of carbonyl (C=O) groups is 1. The number of ether oxygens (including phenoxy) is 1. The summed E-state index contributed by atoms with van der Waals surface area (Å²) in [5.74, 6) is 0.279. The highest BCUT2D eigenvalue weighted by molar-refractivity contribution is 7.21. The molecule has 0 fully saturated rings. The average molecular weight is 294 g/mol. The molecule has 0 spiro atoms.